The van der Waals surface area contributed by atoms with Crippen molar-refractivity contribution in [2.75, 3.05) is 7.11 Å². The van der Waals surface area contributed by atoms with Gasteiger partial charge in [0.15, 0.2) is 0 Å². The number of imidazole rings is 1. The quantitative estimate of drug-likeness (QED) is 0.284. The zero-order chi connectivity index (χ0) is 25.7. The maximum absolute atomic E-state index is 11.2. The number of rotatable bonds is 11. The number of aryl methyl sites for hydroxylation is 2. The van der Waals surface area contributed by atoms with Gasteiger partial charge >= 0.3 is 5.97 Å². The standard InChI is InChI=1S/C29H32N2O5/c1-19(2)24-8-6-5-7-21(24)17-36-27-16-23(11-9-20(27)10-14-29(32)33)35-18-28-30-25-13-12-22(34-4)15-26(25)31(28)3/h5-9,11-13,15-16,19H,10,14,17-18H2,1-4H3,(H,32,33). The first-order valence-electron chi connectivity index (χ1n) is 12.0. The third-order valence-electron chi connectivity index (χ3n) is 6.26. The van der Waals surface area contributed by atoms with Crippen LogP contribution in [0.4, 0.5) is 0 Å². The first-order valence-corrected chi connectivity index (χ1v) is 12.0. The summed E-state index contributed by atoms with van der Waals surface area (Å²) in [6.45, 7) is 4.98. The van der Waals surface area contributed by atoms with Gasteiger partial charge in [0, 0.05) is 25.6 Å². The normalized spacial score (nSPS) is 11.1. The molecule has 0 aliphatic rings. The molecule has 1 N–H and O–H groups in total. The molecule has 0 saturated heterocycles. The molecule has 1 heterocycles. The molecule has 4 aromatic rings. The molecule has 3 aromatic carbocycles. The molecule has 0 atom stereocenters. The Labute approximate surface area is 211 Å². The first-order chi connectivity index (χ1) is 17.4. The van der Waals surface area contributed by atoms with Crippen molar-refractivity contribution in [1.82, 2.24) is 9.55 Å². The number of hydrogen-bond donors (Lipinski definition) is 1. The summed E-state index contributed by atoms with van der Waals surface area (Å²) in [5.41, 5.74) is 5.01. The fourth-order valence-corrected chi connectivity index (χ4v) is 4.22. The Morgan fingerprint density at radius 1 is 0.972 bits per heavy atom. The Hall–Kier alpha value is -4.00. The van der Waals surface area contributed by atoms with Gasteiger partial charge in [0.25, 0.3) is 0 Å². The van der Waals surface area contributed by atoms with Crippen LogP contribution in [-0.2, 0) is 31.5 Å². The van der Waals surface area contributed by atoms with Crippen molar-refractivity contribution >= 4 is 17.0 Å². The molecule has 4 rings (SSSR count). The molecular formula is C29H32N2O5. The Morgan fingerprint density at radius 3 is 2.50 bits per heavy atom. The van der Waals surface area contributed by atoms with Crippen molar-refractivity contribution in [2.24, 2.45) is 7.05 Å². The van der Waals surface area contributed by atoms with Crippen LogP contribution >= 0.6 is 0 Å². The maximum atomic E-state index is 11.2. The molecule has 0 unspecified atom stereocenters. The fourth-order valence-electron chi connectivity index (χ4n) is 4.22. The molecule has 1 aromatic heterocycles. The largest absolute Gasteiger partial charge is 0.497 e. The smallest absolute Gasteiger partial charge is 0.303 e. The minimum atomic E-state index is -0.843. The first kappa shape index (κ1) is 25.1. The van der Waals surface area contributed by atoms with Crippen molar-refractivity contribution in [3.63, 3.8) is 0 Å². The number of benzene rings is 3. The second kappa shape index (κ2) is 11.2. The Morgan fingerprint density at radius 2 is 1.75 bits per heavy atom. The van der Waals surface area contributed by atoms with Crippen molar-refractivity contribution in [1.29, 1.82) is 0 Å². The average molecular weight is 489 g/mol. The molecule has 188 valence electrons. The summed E-state index contributed by atoms with van der Waals surface area (Å²) in [6, 6.07) is 19.5. The van der Waals surface area contributed by atoms with Crippen LogP contribution < -0.4 is 14.2 Å². The molecule has 7 nitrogen and oxygen atoms in total. The van der Waals surface area contributed by atoms with Gasteiger partial charge in [0.05, 0.1) is 18.1 Å². The highest BCUT2D eigenvalue weighted by Gasteiger charge is 2.13. The molecule has 0 aliphatic carbocycles. The van der Waals surface area contributed by atoms with E-state index < -0.39 is 5.97 Å². The second-order valence-corrected chi connectivity index (χ2v) is 9.04. The minimum absolute atomic E-state index is 0.0302. The SMILES string of the molecule is COc1ccc2nc(COc3ccc(CCC(=O)O)c(OCc4ccccc4C(C)C)c3)n(C)c2c1. The molecule has 0 radical (unpaired) electrons. The summed E-state index contributed by atoms with van der Waals surface area (Å²) in [5.74, 6) is 2.34. The second-order valence-electron chi connectivity index (χ2n) is 9.04. The van der Waals surface area contributed by atoms with E-state index in [0.29, 0.717) is 30.4 Å². The lowest BCUT2D eigenvalue weighted by atomic mass is 9.98. The summed E-state index contributed by atoms with van der Waals surface area (Å²) in [7, 11) is 3.59. The Kier molecular flexibility index (Phi) is 7.78. The highest BCUT2D eigenvalue weighted by molar-refractivity contribution is 5.77. The van der Waals surface area contributed by atoms with Crippen LogP contribution in [0.1, 0.15) is 48.7 Å². The number of carboxylic acids is 1. The van der Waals surface area contributed by atoms with Gasteiger partial charge in [-0.3, -0.25) is 4.79 Å². The van der Waals surface area contributed by atoms with E-state index >= 15 is 0 Å². The monoisotopic (exact) mass is 488 g/mol. The van der Waals surface area contributed by atoms with Crippen molar-refractivity contribution in [3.8, 4) is 17.2 Å². The van der Waals surface area contributed by atoms with Gasteiger partial charge in [-0.05, 0) is 47.2 Å². The summed E-state index contributed by atoms with van der Waals surface area (Å²) < 4.78 is 19.6. The molecule has 36 heavy (non-hydrogen) atoms. The van der Waals surface area contributed by atoms with Crippen LogP contribution in [-0.4, -0.2) is 27.7 Å². The van der Waals surface area contributed by atoms with Gasteiger partial charge < -0.3 is 23.9 Å². The summed E-state index contributed by atoms with van der Waals surface area (Å²) in [4.78, 5) is 15.9. The van der Waals surface area contributed by atoms with Crippen LogP contribution in [0.25, 0.3) is 11.0 Å². The van der Waals surface area contributed by atoms with E-state index in [4.69, 9.17) is 14.2 Å². The molecule has 0 bridgehead atoms. The minimum Gasteiger partial charge on any atom is -0.497 e. The molecular weight excluding hydrogens is 456 g/mol. The van der Waals surface area contributed by atoms with Gasteiger partial charge in [-0.1, -0.05) is 44.2 Å². The third kappa shape index (κ3) is 5.79. The van der Waals surface area contributed by atoms with Gasteiger partial charge in [-0.2, -0.15) is 0 Å². The van der Waals surface area contributed by atoms with Gasteiger partial charge in [0.2, 0.25) is 0 Å². The van der Waals surface area contributed by atoms with Crippen LogP contribution in [0.2, 0.25) is 0 Å². The van der Waals surface area contributed by atoms with Crippen LogP contribution in [0, 0.1) is 0 Å². The molecule has 0 spiro atoms. The van der Waals surface area contributed by atoms with E-state index in [1.807, 2.05) is 60.1 Å². The lowest BCUT2D eigenvalue weighted by Crippen LogP contribution is -2.06. The predicted octanol–water partition coefficient (Wildman–Crippen LogP) is 5.88. The Bertz CT molecular complexity index is 1360. The van der Waals surface area contributed by atoms with E-state index in [1.165, 1.54) is 5.56 Å². The number of methoxy groups -OCH3 is 1. The molecule has 0 aliphatic heterocycles. The van der Waals surface area contributed by atoms with Crippen molar-refractivity contribution < 1.29 is 24.1 Å². The fraction of sp³-hybridized carbons (Fsp3) is 0.310. The maximum Gasteiger partial charge on any atom is 0.303 e. The van der Waals surface area contributed by atoms with Gasteiger partial charge in [-0.25, -0.2) is 4.98 Å². The highest BCUT2D eigenvalue weighted by atomic mass is 16.5. The average Bonchev–Trinajstić information content (AvgIpc) is 3.20. The van der Waals surface area contributed by atoms with E-state index in [-0.39, 0.29) is 13.0 Å². The number of aromatic nitrogens is 2. The lowest BCUT2D eigenvalue weighted by molar-refractivity contribution is -0.136. The highest BCUT2D eigenvalue weighted by Crippen LogP contribution is 2.29. The van der Waals surface area contributed by atoms with Gasteiger partial charge in [-0.15, -0.1) is 0 Å². The third-order valence-corrected chi connectivity index (χ3v) is 6.26. The van der Waals surface area contributed by atoms with E-state index in [0.717, 1.165) is 33.7 Å². The van der Waals surface area contributed by atoms with Crippen molar-refractivity contribution in [2.45, 2.75) is 45.8 Å². The van der Waals surface area contributed by atoms with Crippen LogP contribution in [0.3, 0.4) is 0 Å². The number of nitrogens with zero attached hydrogens (tertiary/aromatic N) is 2. The zero-order valence-corrected chi connectivity index (χ0v) is 21.2. The van der Waals surface area contributed by atoms with E-state index in [1.54, 1.807) is 7.11 Å². The lowest BCUT2D eigenvalue weighted by Gasteiger charge is -2.16. The summed E-state index contributed by atoms with van der Waals surface area (Å²) in [6.07, 6.45) is 0.409. The number of ether oxygens (including phenoxy) is 3. The molecule has 0 amide bonds. The predicted molar refractivity (Wildman–Crippen MR) is 139 cm³/mol. The van der Waals surface area contributed by atoms with Crippen LogP contribution in [0.5, 0.6) is 17.2 Å². The topological polar surface area (TPSA) is 82.8 Å². The number of carboxylic acid groups (broad SMARTS) is 1. The van der Waals surface area contributed by atoms with Crippen molar-refractivity contribution in [3.05, 3.63) is 83.2 Å². The molecule has 0 saturated carbocycles. The zero-order valence-electron chi connectivity index (χ0n) is 21.2. The number of carbonyl (C=O) groups is 1. The number of hydrogen-bond acceptors (Lipinski definition) is 5. The van der Waals surface area contributed by atoms with Gasteiger partial charge in [0.1, 0.15) is 36.3 Å². The van der Waals surface area contributed by atoms with E-state index in [2.05, 4.69) is 31.0 Å². The van der Waals surface area contributed by atoms with E-state index in [9.17, 15) is 9.90 Å². The Balaban J connectivity index is 1.54. The summed E-state index contributed by atoms with van der Waals surface area (Å²) in [5, 5.41) is 9.17. The van der Waals surface area contributed by atoms with Crippen LogP contribution in [0.15, 0.2) is 60.7 Å². The number of aliphatic carboxylic acids is 1. The molecule has 7 heteroatoms. The number of fused-ring (bicyclic) bond motifs is 1. The summed E-state index contributed by atoms with van der Waals surface area (Å²) >= 11 is 0. The molecule has 0 fully saturated rings.